The van der Waals surface area contributed by atoms with E-state index >= 15 is 0 Å². The quantitative estimate of drug-likeness (QED) is 0.819. The number of hydrogen-bond donors (Lipinski definition) is 2. The highest BCUT2D eigenvalue weighted by atomic mass is 19.1. The molecule has 5 nitrogen and oxygen atoms in total. The van der Waals surface area contributed by atoms with Crippen molar-refractivity contribution in [3.63, 3.8) is 0 Å². The number of rotatable bonds is 7. The van der Waals surface area contributed by atoms with Crippen LogP contribution in [0.1, 0.15) is 18.9 Å². The van der Waals surface area contributed by atoms with Crippen LogP contribution < -0.4 is 10.6 Å². The van der Waals surface area contributed by atoms with Crippen LogP contribution in [0.25, 0.3) is 0 Å². The number of ether oxygens (including phenoxy) is 1. The number of halogens is 1. The van der Waals surface area contributed by atoms with E-state index in [0.29, 0.717) is 12.6 Å². The van der Waals surface area contributed by atoms with Crippen molar-refractivity contribution in [2.24, 2.45) is 0 Å². The molecule has 1 aromatic carbocycles. The SMILES string of the molecule is CCCNc1ncc(F)c(Nc2ccccc2COC)n1. The molecular formula is C15H19FN4O. The Kier molecular flexibility index (Phi) is 5.45. The zero-order valence-corrected chi connectivity index (χ0v) is 12.2. The van der Waals surface area contributed by atoms with Gasteiger partial charge >= 0.3 is 0 Å². The van der Waals surface area contributed by atoms with Crippen LogP contribution in [0.15, 0.2) is 30.5 Å². The molecule has 1 heterocycles. The fraction of sp³-hybridized carbons (Fsp3) is 0.333. The minimum absolute atomic E-state index is 0.146. The molecular weight excluding hydrogens is 271 g/mol. The van der Waals surface area contributed by atoms with Crippen LogP contribution in [-0.2, 0) is 11.3 Å². The van der Waals surface area contributed by atoms with E-state index in [1.165, 1.54) is 0 Å². The van der Waals surface area contributed by atoms with Gasteiger partial charge in [0.1, 0.15) is 0 Å². The average Bonchev–Trinajstić information content (AvgIpc) is 2.50. The third-order valence-corrected chi connectivity index (χ3v) is 2.85. The molecule has 6 heteroatoms. The highest BCUT2D eigenvalue weighted by molar-refractivity contribution is 5.61. The Morgan fingerprint density at radius 1 is 1.29 bits per heavy atom. The first-order valence-electron chi connectivity index (χ1n) is 6.85. The number of anilines is 3. The van der Waals surface area contributed by atoms with Gasteiger partial charge in [0.05, 0.1) is 12.8 Å². The maximum atomic E-state index is 13.8. The number of nitrogens with zero attached hydrogens (tertiary/aromatic N) is 2. The molecule has 0 spiro atoms. The molecule has 0 aliphatic carbocycles. The summed E-state index contributed by atoms with van der Waals surface area (Å²) in [5, 5.41) is 6.03. The summed E-state index contributed by atoms with van der Waals surface area (Å²) in [6.45, 7) is 3.22. The van der Waals surface area contributed by atoms with Gasteiger partial charge in [-0.2, -0.15) is 4.98 Å². The third kappa shape index (κ3) is 4.13. The highest BCUT2D eigenvalue weighted by Gasteiger charge is 2.09. The molecule has 0 saturated carbocycles. The predicted octanol–water partition coefficient (Wildman–Crippen LogP) is 3.33. The van der Waals surface area contributed by atoms with Gasteiger partial charge in [0.2, 0.25) is 5.95 Å². The van der Waals surface area contributed by atoms with Crippen LogP contribution in [-0.4, -0.2) is 23.6 Å². The Hall–Kier alpha value is -2.21. The normalized spacial score (nSPS) is 10.4. The van der Waals surface area contributed by atoms with E-state index in [4.69, 9.17) is 4.74 Å². The molecule has 0 amide bonds. The van der Waals surface area contributed by atoms with E-state index in [1.54, 1.807) is 7.11 Å². The summed E-state index contributed by atoms with van der Waals surface area (Å²) in [4.78, 5) is 8.07. The standard InChI is InChI=1S/C15H19FN4O/c1-3-8-17-15-18-9-12(16)14(20-15)19-13-7-5-4-6-11(13)10-21-2/h4-7,9H,3,8,10H2,1-2H3,(H2,17,18,19,20). The Balaban J connectivity index is 2.22. The molecule has 0 saturated heterocycles. The maximum Gasteiger partial charge on any atom is 0.224 e. The monoisotopic (exact) mass is 290 g/mol. The predicted molar refractivity (Wildman–Crippen MR) is 81.2 cm³/mol. The third-order valence-electron chi connectivity index (χ3n) is 2.85. The largest absolute Gasteiger partial charge is 0.380 e. The molecule has 1 aromatic heterocycles. The van der Waals surface area contributed by atoms with Crippen LogP contribution in [0.5, 0.6) is 0 Å². The molecule has 0 aliphatic heterocycles. The number of aromatic nitrogens is 2. The number of nitrogens with one attached hydrogen (secondary N) is 2. The average molecular weight is 290 g/mol. The number of benzene rings is 1. The molecule has 2 aromatic rings. The van der Waals surface area contributed by atoms with Crippen molar-refractivity contribution >= 4 is 17.5 Å². The van der Waals surface area contributed by atoms with Crippen molar-refractivity contribution in [3.8, 4) is 0 Å². The van der Waals surface area contributed by atoms with Crippen LogP contribution in [0.3, 0.4) is 0 Å². The molecule has 0 fully saturated rings. The van der Waals surface area contributed by atoms with Crippen LogP contribution in [0, 0.1) is 5.82 Å². The van der Waals surface area contributed by atoms with Crippen molar-refractivity contribution in [2.75, 3.05) is 24.3 Å². The molecule has 0 atom stereocenters. The van der Waals surface area contributed by atoms with E-state index in [-0.39, 0.29) is 5.82 Å². The van der Waals surface area contributed by atoms with Crippen LogP contribution in [0.2, 0.25) is 0 Å². The summed E-state index contributed by atoms with van der Waals surface area (Å²) in [7, 11) is 1.62. The van der Waals surface area contributed by atoms with Gasteiger partial charge < -0.3 is 15.4 Å². The van der Waals surface area contributed by atoms with Gasteiger partial charge in [0.25, 0.3) is 0 Å². The summed E-state index contributed by atoms with van der Waals surface area (Å²) < 4.78 is 19.0. The van der Waals surface area contributed by atoms with E-state index in [9.17, 15) is 4.39 Å². The number of hydrogen-bond acceptors (Lipinski definition) is 5. The van der Waals surface area contributed by atoms with E-state index in [1.807, 2.05) is 31.2 Å². The van der Waals surface area contributed by atoms with Gasteiger partial charge in [0.15, 0.2) is 11.6 Å². The molecule has 2 rings (SSSR count). The molecule has 2 N–H and O–H groups in total. The lowest BCUT2D eigenvalue weighted by Gasteiger charge is -2.12. The summed E-state index contributed by atoms with van der Waals surface area (Å²) >= 11 is 0. The lowest BCUT2D eigenvalue weighted by atomic mass is 10.2. The lowest BCUT2D eigenvalue weighted by molar-refractivity contribution is 0.185. The number of methoxy groups -OCH3 is 1. The van der Waals surface area contributed by atoms with E-state index in [0.717, 1.165) is 30.4 Å². The minimum Gasteiger partial charge on any atom is -0.380 e. The smallest absolute Gasteiger partial charge is 0.224 e. The van der Waals surface area contributed by atoms with E-state index < -0.39 is 5.82 Å². The van der Waals surface area contributed by atoms with Crippen molar-refractivity contribution in [3.05, 3.63) is 41.8 Å². The van der Waals surface area contributed by atoms with Crippen LogP contribution in [0.4, 0.5) is 21.8 Å². The summed E-state index contributed by atoms with van der Waals surface area (Å²) in [6, 6.07) is 7.55. The maximum absolute atomic E-state index is 13.8. The Morgan fingerprint density at radius 3 is 2.86 bits per heavy atom. The fourth-order valence-electron chi connectivity index (χ4n) is 1.83. The summed E-state index contributed by atoms with van der Waals surface area (Å²) in [6.07, 6.45) is 2.10. The Labute approximate surface area is 123 Å². The second-order valence-corrected chi connectivity index (χ2v) is 4.53. The summed E-state index contributed by atoms with van der Waals surface area (Å²) in [5.74, 6) is 0.0568. The molecule has 0 radical (unpaired) electrons. The van der Waals surface area contributed by atoms with Gasteiger partial charge in [-0.05, 0) is 12.5 Å². The van der Waals surface area contributed by atoms with Gasteiger partial charge in [-0.1, -0.05) is 25.1 Å². The van der Waals surface area contributed by atoms with Crippen molar-refractivity contribution in [1.82, 2.24) is 9.97 Å². The topological polar surface area (TPSA) is 59.1 Å². The van der Waals surface area contributed by atoms with Gasteiger partial charge in [-0.25, -0.2) is 9.37 Å². The second kappa shape index (κ2) is 7.54. The van der Waals surface area contributed by atoms with Crippen molar-refractivity contribution in [1.29, 1.82) is 0 Å². The highest BCUT2D eigenvalue weighted by Crippen LogP contribution is 2.22. The molecule has 0 unspecified atom stereocenters. The molecule has 21 heavy (non-hydrogen) atoms. The van der Waals surface area contributed by atoms with Gasteiger partial charge in [0, 0.05) is 24.9 Å². The first-order valence-corrected chi connectivity index (χ1v) is 6.85. The zero-order chi connectivity index (χ0) is 15.1. The minimum atomic E-state index is -0.496. The first kappa shape index (κ1) is 15.2. The molecule has 0 aliphatic rings. The zero-order valence-electron chi connectivity index (χ0n) is 12.2. The van der Waals surface area contributed by atoms with Gasteiger partial charge in [-0.15, -0.1) is 0 Å². The molecule has 112 valence electrons. The molecule has 0 bridgehead atoms. The lowest BCUT2D eigenvalue weighted by Crippen LogP contribution is -2.08. The van der Waals surface area contributed by atoms with Crippen molar-refractivity contribution < 1.29 is 9.13 Å². The van der Waals surface area contributed by atoms with Crippen molar-refractivity contribution in [2.45, 2.75) is 20.0 Å². The summed E-state index contributed by atoms with van der Waals surface area (Å²) in [5.41, 5.74) is 1.69. The Bertz CT molecular complexity index is 592. The Morgan fingerprint density at radius 2 is 2.10 bits per heavy atom. The second-order valence-electron chi connectivity index (χ2n) is 4.53. The van der Waals surface area contributed by atoms with Crippen LogP contribution >= 0.6 is 0 Å². The fourth-order valence-corrected chi connectivity index (χ4v) is 1.83. The van der Waals surface area contributed by atoms with E-state index in [2.05, 4.69) is 20.6 Å². The number of para-hydroxylation sites is 1. The first-order chi connectivity index (χ1) is 10.2. The van der Waals surface area contributed by atoms with Gasteiger partial charge in [-0.3, -0.25) is 0 Å².